The van der Waals surface area contributed by atoms with E-state index < -0.39 is 0 Å². The molecule has 1 aliphatic rings. The summed E-state index contributed by atoms with van der Waals surface area (Å²) in [6.45, 7) is 7.71. The van der Waals surface area contributed by atoms with Gasteiger partial charge >= 0.3 is 0 Å². The minimum Gasteiger partial charge on any atom is -0.351 e. The first-order valence-corrected chi connectivity index (χ1v) is 6.73. The Morgan fingerprint density at radius 1 is 1.56 bits per heavy atom. The zero-order valence-corrected chi connectivity index (χ0v) is 11.4. The molecule has 0 radical (unpaired) electrons. The number of anilines is 1. The van der Waals surface area contributed by atoms with Gasteiger partial charge in [0, 0.05) is 36.9 Å². The third-order valence-corrected chi connectivity index (χ3v) is 3.48. The molecule has 0 aromatic carbocycles. The Labute approximate surface area is 108 Å². The van der Waals surface area contributed by atoms with Crippen molar-refractivity contribution in [2.75, 3.05) is 11.4 Å². The Bertz CT molecular complexity index is 406. The van der Waals surface area contributed by atoms with Gasteiger partial charge < -0.3 is 10.2 Å². The number of pyridine rings is 1. The van der Waals surface area contributed by atoms with Gasteiger partial charge in [-0.1, -0.05) is 13.8 Å². The van der Waals surface area contributed by atoms with E-state index in [-0.39, 0.29) is 5.82 Å². The molecule has 1 atom stereocenters. The smallest absolute Gasteiger partial charge is 0.170 e. The number of rotatable bonds is 4. The van der Waals surface area contributed by atoms with E-state index in [1.807, 2.05) is 0 Å². The van der Waals surface area contributed by atoms with Crippen molar-refractivity contribution in [3.8, 4) is 0 Å². The van der Waals surface area contributed by atoms with Crippen LogP contribution in [-0.2, 0) is 6.54 Å². The fourth-order valence-electron chi connectivity index (χ4n) is 2.37. The van der Waals surface area contributed by atoms with E-state index in [2.05, 4.69) is 36.0 Å². The Hall–Kier alpha value is -1.16. The maximum atomic E-state index is 14.4. The van der Waals surface area contributed by atoms with Gasteiger partial charge in [-0.15, -0.1) is 0 Å². The summed E-state index contributed by atoms with van der Waals surface area (Å²) in [5.41, 5.74) is 0.702. The van der Waals surface area contributed by atoms with E-state index in [0.717, 1.165) is 19.4 Å². The second-order valence-electron chi connectivity index (χ2n) is 5.33. The highest BCUT2D eigenvalue weighted by Gasteiger charge is 2.25. The van der Waals surface area contributed by atoms with Crippen LogP contribution < -0.4 is 10.2 Å². The summed E-state index contributed by atoms with van der Waals surface area (Å²) in [5, 5.41) is 3.25. The van der Waals surface area contributed by atoms with Crippen LogP contribution in [-0.4, -0.2) is 23.6 Å². The van der Waals surface area contributed by atoms with Crippen LogP contribution in [0.4, 0.5) is 10.2 Å². The van der Waals surface area contributed by atoms with E-state index in [1.54, 1.807) is 12.3 Å². The van der Waals surface area contributed by atoms with Crippen LogP contribution in [0.2, 0.25) is 0 Å². The van der Waals surface area contributed by atoms with E-state index in [9.17, 15) is 4.39 Å². The molecule has 1 unspecified atom stereocenters. The van der Waals surface area contributed by atoms with Crippen LogP contribution >= 0.6 is 0 Å². The molecule has 0 aliphatic carbocycles. The molecule has 0 saturated carbocycles. The van der Waals surface area contributed by atoms with Gasteiger partial charge in [-0.2, -0.15) is 0 Å². The molecule has 2 rings (SSSR count). The molecule has 1 aromatic heterocycles. The van der Waals surface area contributed by atoms with Crippen molar-refractivity contribution in [2.24, 2.45) is 0 Å². The largest absolute Gasteiger partial charge is 0.351 e. The van der Waals surface area contributed by atoms with Gasteiger partial charge in [0.15, 0.2) is 11.6 Å². The molecule has 1 N–H and O–H groups in total. The molecule has 1 fully saturated rings. The average Bonchev–Trinajstić information content (AvgIpc) is 2.74. The summed E-state index contributed by atoms with van der Waals surface area (Å²) in [6, 6.07) is 2.50. The molecule has 3 nitrogen and oxygen atoms in total. The maximum Gasteiger partial charge on any atom is 0.170 e. The zero-order chi connectivity index (χ0) is 13.1. The first-order chi connectivity index (χ1) is 8.59. The molecule has 1 aliphatic heterocycles. The molecular formula is C14H22FN3. The number of hydrogen-bond donors (Lipinski definition) is 1. The second-order valence-corrected chi connectivity index (χ2v) is 5.33. The van der Waals surface area contributed by atoms with Crippen molar-refractivity contribution in [2.45, 2.75) is 52.2 Å². The van der Waals surface area contributed by atoms with E-state index in [0.29, 0.717) is 30.0 Å². The van der Waals surface area contributed by atoms with Crippen molar-refractivity contribution in [3.63, 3.8) is 0 Å². The molecule has 4 heteroatoms. The van der Waals surface area contributed by atoms with Crippen molar-refractivity contribution in [1.29, 1.82) is 0 Å². The SMILES string of the molecule is CC(C)NCc1ccnc(N2CCCC2C)c1F. The minimum atomic E-state index is -0.167. The van der Waals surface area contributed by atoms with Gasteiger partial charge in [-0.3, -0.25) is 0 Å². The van der Waals surface area contributed by atoms with E-state index >= 15 is 0 Å². The lowest BCUT2D eigenvalue weighted by molar-refractivity contribution is 0.546. The molecular weight excluding hydrogens is 229 g/mol. The summed E-state index contributed by atoms with van der Waals surface area (Å²) < 4.78 is 14.4. The van der Waals surface area contributed by atoms with Gasteiger partial charge in [0.2, 0.25) is 0 Å². The number of halogens is 1. The van der Waals surface area contributed by atoms with Crippen molar-refractivity contribution in [1.82, 2.24) is 10.3 Å². The van der Waals surface area contributed by atoms with Gasteiger partial charge in [-0.05, 0) is 25.8 Å². The summed E-state index contributed by atoms with van der Waals surface area (Å²) in [6.07, 6.45) is 3.95. The second kappa shape index (κ2) is 5.65. The number of aromatic nitrogens is 1. The molecule has 1 aromatic rings. The van der Waals surface area contributed by atoms with E-state index in [1.165, 1.54) is 0 Å². The topological polar surface area (TPSA) is 28.2 Å². The lowest BCUT2D eigenvalue weighted by Crippen LogP contribution is -2.29. The number of hydrogen-bond acceptors (Lipinski definition) is 3. The summed E-state index contributed by atoms with van der Waals surface area (Å²) in [7, 11) is 0. The molecule has 18 heavy (non-hydrogen) atoms. The normalized spacial score (nSPS) is 19.8. The summed E-state index contributed by atoms with van der Waals surface area (Å²) in [5.74, 6) is 0.349. The minimum absolute atomic E-state index is 0.167. The fourth-order valence-corrected chi connectivity index (χ4v) is 2.37. The third kappa shape index (κ3) is 2.80. The lowest BCUT2D eigenvalue weighted by Gasteiger charge is -2.23. The first kappa shape index (κ1) is 13.3. The average molecular weight is 251 g/mol. The van der Waals surface area contributed by atoms with Crippen LogP contribution in [0.25, 0.3) is 0 Å². The molecule has 0 bridgehead atoms. The zero-order valence-electron chi connectivity index (χ0n) is 11.4. The van der Waals surface area contributed by atoms with Crippen molar-refractivity contribution < 1.29 is 4.39 Å². The van der Waals surface area contributed by atoms with Crippen LogP contribution in [0, 0.1) is 5.82 Å². The highest BCUT2D eigenvalue weighted by atomic mass is 19.1. The number of nitrogens with one attached hydrogen (secondary N) is 1. The summed E-state index contributed by atoms with van der Waals surface area (Å²) >= 11 is 0. The first-order valence-electron chi connectivity index (χ1n) is 6.73. The highest BCUT2D eigenvalue weighted by Crippen LogP contribution is 2.27. The molecule has 0 amide bonds. The van der Waals surface area contributed by atoms with Crippen molar-refractivity contribution in [3.05, 3.63) is 23.6 Å². The standard InChI is InChI=1S/C14H22FN3/c1-10(2)17-9-12-6-7-16-14(13(12)15)18-8-4-5-11(18)3/h6-7,10-11,17H,4-5,8-9H2,1-3H3. The molecule has 2 heterocycles. The maximum absolute atomic E-state index is 14.4. The lowest BCUT2D eigenvalue weighted by atomic mass is 10.2. The Kier molecular flexibility index (Phi) is 4.17. The highest BCUT2D eigenvalue weighted by molar-refractivity contribution is 5.45. The van der Waals surface area contributed by atoms with Gasteiger partial charge in [0.05, 0.1) is 0 Å². The third-order valence-electron chi connectivity index (χ3n) is 3.48. The fraction of sp³-hybridized carbons (Fsp3) is 0.643. The Balaban J connectivity index is 2.18. The van der Waals surface area contributed by atoms with Crippen LogP contribution in [0.1, 0.15) is 39.2 Å². The van der Waals surface area contributed by atoms with Crippen LogP contribution in [0.3, 0.4) is 0 Å². The Morgan fingerprint density at radius 3 is 2.94 bits per heavy atom. The van der Waals surface area contributed by atoms with Gasteiger partial charge in [0.25, 0.3) is 0 Å². The molecule has 0 spiro atoms. The number of nitrogens with zero attached hydrogens (tertiary/aromatic N) is 2. The predicted octanol–water partition coefficient (Wildman–Crippen LogP) is 2.71. The molecule has 100 valence electrons. The van der Waals surface area contributed by atoms with E-state index in [4.69, 9.17) is 0 Å². The van der Waals surface area contributed by atoms with Gasteiger partial charge in [0.1, 0.15) is 0 Å². The monoisotopic (exact) mass is 251 g/mol. The quantitative estimate of drug-likeness (QED) is 0.891. The van der Waals surface area contributed by atoms with Gasteiger partial charge in [-0.25, -0.2) is 9.37 Å². The Morgan fingerprint density at radius 2 is 2.33 bits per heavy atom. The summed E-state index contributed by atoms with van der Waals surface area (Å²) in [4.78, 5) is 6.30. The van der Waals surface area contributed by atoms with Crippen molar-refractivity contribution >= 4 is 5.82 Å². The predicted molar refractivity (Wildman–Crippen MR) is 72.2 cm³/mol. The van der Waals surface area contributed by atoms with Crippen LogP contribution in [0.15, 0.2) is 12.3 Å². The van der Waals surface area contributed by atoms with Crippen LogP contribution in [0.5, 0.6) is 0 Å². The molecule has 1 saturated heterocycles.